The predicted molar refractivity (Wildman–Crippen MR) is 99.5 cm³/mol. The van der Waals surface area contributed by atoms with Crippen LogP contribution in [0.5, 0.6) is 0 Å². The monoisotopic (exact) mass is 349 g/mol. The van der Waals surface area contributed by atoms with Crippen molar-refractivity contribution in [3.63, 3.8) is 0 Å². The summed E-state index contributed by atoms with van der Waals surface area (Å²) < 4.78 is 5.25. The first-order valence-corrected chi connectivity index (χ1v) is 9.10. The lowest BCUT2D eigenvalue weighted by molar-refractivity contribution is 0.0792. The van der Waals surface area contributed by atoms with Crippen LogP contribution in [0, 0.1) is 0 Å². The second kappa shape index (κ2) is 7.81. The van der Waals surface area contributed by atoms with Gasteiger partial charge in [0.2, 0.25) is 12.3 Å². The fraction of sp³-hybridized carbons (Fsp3) is 0.333. The quantitative estimate of drug-likeness (QED) is 0.766. The van der Waals surface area contributed by atoms with E-state index in [-0.39, 0.29) is 6.10 Å². The van der Waals surface area contributed by atoms with E-state index in [1.165, 1.54) is 23.1 Å². The molecule has 1 aromatic heterocycles. The second-order valence-electron chi connectivity index (χ2n) is 6.92. The SMILES string of the molecule is OC1CCN(Cc2cccc(-c3cccc(Cc4nnco4)c3)c2)CC1. The average molecular weight is 349 g/mol. The zero-order valence-corrected chi connectivity index (χ0v) is 14.7. The van der Waals surface area contributed by atoms with Crippen LogP contribution in [0.1, 0.15) is 29.9 Å². The molecule has 0 amide bonds. The highest BCUT2D eigenvalue weighted by Crippen LogP contribution is 2.24. The smallest absolute Gasteiger partial charge is 0.220 e. The highest BCUT2D eigenvalue weighted by Gasteiger charge is 2.17. The van der Waals surface area contributed by atoms with Crippen LogP contribution in [0.25, 0.3) is 11.1 Å². The Morgan fingerprint density at radius 3 is 2.38 bits per heavy atom. The first-order chi connectivity index (χ1) is 12.8. The molecule has 5 nitrogen and oxygen atoms in total. The molecule has 1 aliphatic rings. The summed E-state index contributed by atoms with van der Waals surface area (Å²) in [5.41, 5.74) is 4.87. The summed E-state index contributed by atoms with van der Waals surface area (Å²) in [6.07, 6.45) is 3.62. The highest BCUT2D eigenvalue weighted by molar-refractivity contribution is 5.65. The molecular weight excluding hydrogens is 326 g/mol. The molecule has 2 heterocycles. The molecule has 5 heteroatoms. The molecule has 1 saturated heterocycles. The van der Waals surface area contributed by atoms with Gasteiger partial charge in [-0.2, -0.15) is 0 Å². The van der Waals surface area contributed by atoms with Gasteiger partial charge < -0.3 is 9.52 Å². The number of rotatable bonds is 5. The van der Waals surface area contributed by atoms with Crippen LogP contribution in [-0.4, -0.2) is 39.4 Å². The third-order valence-corrected chi connectivity index (χ3v) is 4.91. The molecule has 0 atom stereocenters. The number of likely N-dealkylation sites (tertiary alicyclic amines) is 1. The minimum absolute atomic E-state index is 0.126. The number of benzene rings is 2. The van der Waals surface area contributed by atoms with Crippen LogP contribution in [0.4, 0.5) is 0 Å². The van der Waals surface area contributed by atoms with E-state index in [1.54, 1.807) is 0 Å². The third-order valence-electron chi connectivity index (χ3n) is 4.91. The fourth-order valence-electron chi connectivity index (χ4n) is 3.49. The number of nitrogens with zero attached hydrogens (tertiary/aromatic N) is 3. The molecule has 0 bridgehead atoms. The number of hydrogen-bond acceptors (Lipinski definition) is 5. The van der Waals surface area contributed by atoms with Gasteiger partial charge in [-0.05, 0) is 41.2 Å². The largest absolute Gasteiger partial charge is 0.428 e. The Hall–Kier alpha value is -2.50. The molecule has 0 spiro atoms. The molecular formula is C21H23N3O2. The van der Waals surface area contributed by atoms with E-state index in [0.717, 1.165) is 38.0 Å². The molecule has 0 aliphatic carbocycles. The van der Waals surface area contributed by atoms with Gasteiger partial charge in [0.15, 0.2) is 0 Å². The summed E-state index contributed by atoms with van der Waals surface area (Å²) in [5.74, 6) is 0.628. The lowest BCUT2D eigenvalue weighted by atomic mass is 9.99. The summed E-state index contributed by atoms with van der Waals surface area (Å²) in [6.45, 7) is 2.86. The van der Waals surface area contributed by atoms with Gasteiger partial charge in [-0.1, -0.05) is 42.5 Å². The fourth-order valence-corrected chi connectivity index (χ4v) is 3.49. The summed E-state index contributed by atoms with van der Waals surface area (Å²) in [5, 5.41) is 17.4. The molecule has 2 aromatic carbocycles. The zero-order chi connectivity index (χ0) is 17.8. The van der Waals surface area contributed by atoms with Crippen molar-refractivity contribution in [3.8, 4) is 11.1 Å². The Morgan fingerprint density at radius 1 is 1.00 bits per heavy atom. The van der Waals surface area contributed by atoms with Gasteiger partial charge in [0.1, 0.15) is 0 Å². The molecule has 1 fully saturated rings. The van der Waals surface area contributed by atoms with Crippen molar-refractivity contribution in [1.82, 2.24) is 15.1 Å². The standard InChI is InChI=1S/C21H23N3O2/c25-20-7-9-24(10-8-20)14-17-4-2-6-19(12-17)18-5-1-3-16(11-18)13-21-23-22-15-26-21/h1-6,11-12,15,20,25H,7-10,13-14H2. The van der Waals surface area contributed by atoms with Crippen molar-refractivity contribution in [1.29, 1.82) is 0 Å². The van der Waals surface area contributed by atoms with Crippen LogP contribution < -0.4 is 0 Å². The van der Waals surface area contributed by atoms with E-state index < -0.39 is 0 Å². The van der Waals surface area contributed by atoms with E-state index in [4.69, 9.17) is 4.42 Å². The van der Waals surface area contributed by atoms with Gasteiger partial charge >= 0.3 is 0 Å². The normalized spacial score (nSPS) is 16.0. The van der Waals surface area contributed by atoms with Crippen LogP contribution in [0.2, 0.25) is 0 Å². The Balaban J connectivity index is 1.49. The van der Waals surface area contributed by atoms with E-state index >= 15 is 0 Å². The van der Waals surface area contributed by atoms with Crippen LogP contribution in [0.3, 0.4) is 0 Å². The maximum Gasteiger partial charge on any atom is 0.220 e. The number of piperidine rings is 1. The number of aliphatic hydroxyl groups is 1. The van der Waals surface area contributed by atoms with Gasteiger partial charge in [0.05, 0.1) is 12.5 Å². The van der Waals surface area contributed by atoms with Crippen molar-refractivity contribution in [2.75, 3.05) is 13.1 Å². The van der Waals surface area contributed by atoms with E-state index in [1.807, 2.05) is 0 Å². The van der Waals surface area contributed by atoms with Gasteiger partial charge in [-0.3, -0.25) is 4.90 Å². The number of aliphatic hydroxyl groups excluding tert-OH is 1. The van der Waals surface area contributed by atoms with E-state index in [0.29, 0.717) is 12.3 Å². The third kappa shape index (κ3) is 4.18. The van der Waals surface area contributed by atoms with Crippen molar-refractivity contribution in [3.05, 3.63) is 71.9 Å². The lowest BCUT2D eigenvalue weighted by Crippen LogP contribution is -2.35. The molecule has 0 unspecified atom stereocenters. The molecule has 4 rings (SSSR count). The predicted octanol–water partition coefficient (Wildman–Crippen LogP) is 3.28. The Morgan fingerprint density at radius 2 is 1.69 bits per heavy atom. The molecule has 0 radical (unpaired) electrons. The maximum atomic E-state index is 9.66. The van der Waals surface area contributed by atoms with Crippen LogP contribution >= 0.6 is 0 Å². The summed E-state index contributed by atoms with van der Waals surface area (Å²) in [4.78, 5) is 2.41. The average Bonchev–Trinajstić information content (AvgIpc) is 3.17. The summed E-state index contributed by atoms with van der Waals surface area (Å²) in [6, 6.07) is 17.2. The minimum atomic E-state index is -0.126. The van der Waals surface area contributed by atoms with Gasteiger partial charge in [0.25, 0.3) is 0 Å². The van der Waals surface area contributed by atoms with Crippen molar-refractivity contribution < 1.29 is 9.52 Å². The summed E-state index contributed by atoms with van der Waals surface area (Å²) in [7, 11) is 0. The van der Waals surface area contributed by atoms with Crippen LogP contribution in [-0.2, 0) is 13.0 Å². The van der Waals surface area contributed by atoms with E-state index in [9.17, 15) is 5.11 Å². The number of aromatic nitrogens is 2. The topological polar surface area (TPSA) is 62.4 Å². The second-order valence-corrected chi connectivity index (χ2v) is 6.92. The molecule has 134 valence electrons. The first kappa shape index (κ1) is 16.9. The van der Waals surface area contributed by atoms with Crippen molar-refractivity contribution >= 4 is 0 Å². The molecule has 0 saturated carbocycles. The summed E-state index contributed by atoms with van der Waals surface area (Å²) >= 11 is 0. The van der Waals surface area contributed by atoms with Gasteiger partial charge in [-0.15, -0.1) is 10.2 Å². The Kier molecular flexibility index (Phi) is 5.09. The van der Waals surface area contributed by atoms with Gasteiger partial charge in [-0.25, -0.2) is 0 Å². The minimum Gasteiger partial charge on any atom is -0.428 e. The van der Waals surface area contributed by atoms with Gasteiger partial charge in [0, 0.05) is 19.6 Å². The molecule has 3 aromatic rings. The van der Waals surface area contributed by atoms with E-state index in [2.05, 4.69) is 63.6 Å². The number of hydrogen-bond donors (Lipinski definition) is 1. The lowest BCUT2D eigenvalue weighted by Gasteiger charge is -2.29. The Bertz CT molecular complexity index is 840. The van der Waals surface area contributed by atoms with Crippen molar-refractivity contribution in [2.24, 2.45) is 0 Å². The van der Waals surface area contributed by atoms with Crippen molar-refractivity contribution in [2.45, 2.75) is 31.9 Å². The Labute approximate surface area is 153 Å². The molecule has 1 aliphatic heterocycles. The molecule has 26 heavy (non-hydrogen) atoms. The zero-order valence-electron chi connectivity index (χ0n) is 14.7. The molecule has 1 N–H and O–H groups in total. The van der Waals surface area contributed by atoms with Crippen LogP contribution in [0.15, 0.2) is 59.3 Å². The highest BCUT2D eigenvalue weighted by atomic mass is 16.4. The maximum absolute atomic E-state index is 9.66. The first-order valence-electron chi connectivity index (χ1n) is 9.10.